The van der Waals surface area contributed by atoms with Gasteiger partial charge < -0.3 is 19.7 Å². The summed E-state index contributed by atoms with van der Waals surface area (Å²) in [6, 6.07) is 13.6. The Morgan fingerprint density at radius 2 is 1.88 bits per heavy atom. The van der Waals surface area contributed by atoms with Gasteiger partial charge in [0.25, 0.3) is 0 Å². The topological polar surface area (TPSA) is 71.9 Å². The first-order valence-corrected chi connectivity index (χ1v) is 11.1. The molecule has 1 N–H and O–H groups in total. The molecule has 8 nitrogen and oxygen atoms in total. The highest BCUT2D eigenvalue weighted by atomic mass is 35.5. The summed E-state index contributed by atoms with van der Waals surface area (Å²) >= 11 is 6.32. The summed E-state index contributed by atoms with van der Waals surface area (Å²) in [5, 5.41) is 7.72. The summed E-state index contributed by atoms with van der Waals surface area (Å²) in [5.41, 5.74) is 3.33. The van der Waals surface area contributed by atoms with Crippen LogP contribution in [0.1, 0.15) is 0 Å². The minimum atomic E-state index is -0.0583. The average molecular weight is 470 g/mol. The van der Waals surface area contributed by atoms with Crippen LogP contribution in [0.15, 0.2) is 48.7 Å². The lowest BCUT2D eigenvalue weighted by molar-refractivity contribution is -0.117. The highest BCUT2D eigenvalue weighted by molar-refractivity contribution is 6.33. The molecule has 1 aliphatic heterocycles. The third-order valence-electron chi connectivity index (χ3n) is 5.79. The van der Waals surface area contributed by atoms with E-state index in [9.17, 15) is 4.79 Å². The van der Waals surface area contributed by atoms with Crippen molar-refractivity contribution >= 4 is 28.9 Å². The van der Waals surface area contributed by atoms with E-state index in [2.05, 4.69) is 26.3 Å². The number of rotatable bonds is 7. The van der Waals surface area contributed by atoms with Crippen molar-refractivity contribution < 1.29 is 14.3 Å². The summed E-state index contributed by atoms with van der Waals surface area (Å²) < 4.78 is 12.5. The second kappa shape index (κ2) is 10.1. The van der Waals surface area contributed by atoms with E-state index in [4.69, 9.17) is 21.1 Å². The van der Waals surface area contributed by atoms with Crippen LogP contribution in [0.2, 0.25) is 5.02 Å². The number of methoxy groups -OCH3 is 2. The molecule has 3 aromatic rings. The first-order chi connectivity index (χ1) is 16.0. The number of aryl methyl sites for hydroxylation is 1. The number of carbonyl (C=O) groups excluding carboxylic acids is 1. The Bertz CT molecular complexity index is 1110. The molecular weight excluding hydrogens is 442 g/mol. The largest absolute Gasteiger partial charge is 0.497 e. The van der Waals surface area contributed by atoms with Crippen molar-refractivity contribution in [3.05, 3.63) is 53.7 Å². The van der Waals surface area contributed by atoms with Crippen molar-refractivity contribution in [2.24, 2.45) is 7.05 Å². The van der Waals surface area contributed by atoms with Crippen molar-refractivity contribution in [1.82, 2.24) is 14.7 Å². The van der Waals surface area contributed by atoms with Crippen LogP contribution in [-0.4, -0.2) is 67.5 Å². The number of aromatic nitrogens is 2. The van der Waals surface area contributed by atoms with Crippen molar-refractivity contribution in [3.8, 4) is 22.8 Å². The zero-order chi connectivity index (χ0) is 23.4. The predicted octanol–water partition coefficient (Wildman–Crippen LogP) is 3.52. The van der Waals surface area contributed by atoms with Gasteiger partial charge >= 0.3 is 0 Å². The van der Waals surface area contributed by atoms with Crippen LogP contribution in [-0.2, 0) is 11.8 Å². The summed E-state index contributed by atoms with van der Waals surface area (Å²) in [6.45, 7) is 3.66. The van der Waals surface area contributed by atoms with Gasteiger partial charge in [-0.3, -0.25) is 14.4 Å². The fourth-order valence-corrected chi connectivity index (χ4v) is 4.33. The van der Waals surface area contributed by atoms with Crippen LogP contribution in [0.4, 0.5) is 11.4 Å². The van der Waals surface area contributed by atoms with E-state index in [1.165, 1.54) is 0 Å². The van der Waals surface area contributed by atoms with E-state index in [0.717, 1.165) is 48.9 Å². The molecule has 0 unspecified atom stereocenters. The molecule has 33 heavy (non-hydrogen) atoms. The molecule has 1 aliphatic rings. The normalized spacial score (nSPS) is 14.2. The molecule has 1 saturated heterocycles. The van der Waals surface area contributed by atoms with Gasteiger partial charge in [0.05, 0.1) is 37.7 Å². The molecule has 0 spiro atoms. The molecule has 1 amide bonds. The van der Waals surface area contributed by atoms with E-state index in [0.29, 0.717) is 23.0 Å². The lowest BCUT2D eigenvalue weighted by Crippen LogP contribution is -2.48. The molecule has 1 aromatic heterocycles. The molecule has 4 rings (SSSR count). The predicted molar refractivity (Wildman–Crippen MR) is 130 cm³/mol. The van der Waals surface area contributed by atoms with E-state index >= 15 is 0 Å². The SMILES string of the molecule is COc1cccc(N2CCN(CC(=O)Nc3ccc(OC)c(-c4c(Cl)cnn4C)c3)CC2)c1. The maximum absolute atomic E-state index is 12.7. The zero-order valence-corrected chi connectivity index (χ0v) is 19.8. The lowest BCUT2D eigenvalue weighted by Gasteiger charge is -2.35. The van der Waals surface area contributed by atoms with Gasteiger partial charge in [-0.05, 0) is 30.3 Å². The van der Waals surface area contributed by atoms with Crippen LogP contribution in [0, 0.1) is 0 Å². The number of anilines is 2. The second-order valence-electron chi connectivity index (χ2n) is 7.89. The van der Waals surface area contributed by atoms with Gasteiger partial charge in [-0.2, -0.15) is 5.10 Å². The van der Waals surface area contributed by atoms with E-state index in [1.54, 1.807) is 25.1 Å². The number of carbonyl (C=O) groups is 1. The van der Waals surface area contributed by atoms with Crippen molar-refractivity contribution in [1.29, 1.82) is 0 Å². The Labute approximate surface area is 198 Å². The maximum atomic E-state index is 12.7. The Hall–Kier alpha value is -3.23. The Balaban J connectivity index is 1.37. The number of ether oxygens (including phenoxy) is 2. The number of hydrogen-bond acceptors (Lipinski definition) is 6. The fraction of sp³-hybridized carbons (Fsp3) is 0.333. The number of piperazine rings is 1. The minimum absolute atomic E-state index is 0.0583. The lowest BCUT2D eigenvalue weighted by atomic mass is 10.1. The minimum Gasteiger partial charge on any atom is -0.497 e. The molecule has 0 radical (unpaired) electrons. The van der Waals surface area contributed by atoms with Gasteiger partial charge in [0.1, 0.15) is 11.5 Å². The second-order valence-corrected chi connectivity index (χ2v) is 8.30. The molecular formula is C24H28ClN5O3. The summed E-state index contributed by atoms with van der Waals surface area (Å²) in [4.78, 5) is 17.2. The van der Waals surface area contributed by atoms with E-state index in [1.807, 2.05) is 43.4 Å². The third kappa shape index (κ3) is 5.23. The van der Waals surface area contributed by atoms with Crippen molar-refractivity contribution in [2.75, 3.05) is 57.2 Å². The Morgan fingerprint density at radius 1 is 1.09 bits per heavy atom. The molecule has 2 heterocycles. The van der Waals surface area contributed by atoms with E-state index < -0.39 is 0 Å². The van der Waals surface area contributed by atoms with Crippen molar-refractivity contribution in [2.45, 2.75) is 0 Å². The number of amides is 1. The molecule has 174 valence electrons. The Kier molecular flexibility index (Phi) is 7.05. The summed E-state index contributed by atoms with van der Waals surface area (Å²) in [7, 11) is 5.09. The molecule has 1 fully saturated rings. The molecule has 0 aliphatic carbocycles. The smallest absolute Gasteiger partial charge is 0.238 e. The van der Waals surface area contributed by atoms with Gasteiger partial charge in [-0.1, -0.05) is 17.7 Å². The zero-order valence-electron chi connectivity index (χ0n) is 19.0. The van der Waals surface area contributed by atoms with Gasteiger partial charge in [-0.15, -0.1) is 0 Å². The first-order valence-electron chi connectivity index (χ1n) is 10.8. The quantitative estimate of drug-likeness (QED) is 0.571. The summed E-state index contributed by atoms with van der Waals surface area (Å²) in [5.74, 6) is 1.45. The molecule has 9 heteroatoms. The number of hydrogen-bond donors (Lipinski definition) is 1. The molecule has 0 atom stereocenters. The van der Waals surface area contributed by atoms with Crippen LogP contribution >= 0.6 is 11.6 Å². The standard InChI is InChI=1S/C24H28ClN5O3/c1-28-24(21(25)15-26-28)20-13-17(7-8-22(20)33-3)27-23(31)16-29-9-11-30(12-10-29)18-5-4-6-19(14-18)32-2/h4-8,13-15H,9-12,16H2,1-3H3,(H,27,31). The van der Waals surface area contributed by atoms with E-state index in [-0.39, 0.29) is 5.91 Å². The molecule has 0 saturated carbocycles. The van der Waals surface area contributed by atoms with Crippen LogP contribution in [0.25, 0.3) is 11.3 Å². The molecule has 2 aromatic carbocycles. The number of halogens is 1. The highest BCUT2D eigenvalue weighted by Gasteiger charge is 2.20. The van der Waals surface area contributed by atoms with Crippen LogP contribution < -0.4 is 19.7 Å². The van der Waals surface area contributed by atoms with Gasteiger partial charge in [0.15, 0.2) is 0 Å². The fourth-order valence-electron chi connectivity index (χ4n) is 4.06. The number of nitrogens with one attached hydrogen (secondary N) is 1. The summed E-state index contributed by atoms with van der Waals surface area (Å²) in [6.07, 6.45) is 1.59. The van der Waals surface area contributed by atoms with Gasteiger partial charge in [-0.25, -0.2) is 0 Å². The third-order valence-corrected chi connectivity index (χ3v) is 6.07. The van der Waals surface area contributed by atoms with Crippen LogP contribution in [0.5, 0.6) is 11.5 Å². The average Bonchev–Trinajstić information content (AvgIpc) is 3.17. The van der Waals surface area contributed by atoms with Gasteiger partial charge in [0, 0.05) is 56.2 Å². The monoisotopic (exact) mass is 469 g/mol. The highest BCUT2D eigenvalue weighted by Crippen LogP contribution is 2.36. The Morgan fingerprint density at radius 3 is 2.55 bits per heavy atom. The number of nitrogens with zero attached hydrogens (tertiary/aromatic N) is 4. The van der Waals surface area contributed by atoms with Crippen molar-refractivity contribution in [3.63, 3.8) is 0 Å². The number of benzene rings is 2. The maximum Gasteiger partial charge on any atom is 0.238 e. The first kappa shape index (κ1) is 22.9. The van der Waals surface area contributed by atoms with Crippen LogP contribution in [0.3, 0.4) is 0 Å². The molecule has 0 bridgehead atoms. The van der Waals surface area contributed by atoms with Gasteiger partial charge in [0.2, 0.25) is 5.91 Å².